The van der Waals surface area contributed by atoms with Crippen LogP contribution in [0.2, 0.25) is 0 Å². The maximum Gasteiger partial charge on any atom is 0.249 e. The number of rotatable bonds is 5. The number of hydrogen-bond donors (Lipinski definition) is 3. The van der Waals surface area contributed by atoms with Gasteiger partial charge in [-0.25, -0.2) is 0 Å². The molecule has 0 bridgehead atoms. The highest BCUT2D eigenvalue weighted by molar-refractivity contribution is 5.50. The minimum Gasteiger partial charge on any atom is -0.565 e. The molecule has 0 radical (unpaired) electrons. The third kappa shape index (κ3) is 30.6. The molecule has 0 aliphatic rings. The smallest absolute Gasteiger partial charge is 0.249 e. The molecule has 0 aromatic heterocycles. The Balaban J connectivity index is -0.000000209. The van der Waals surface area contributed by atoms with Crippen LogP contribution in [-0.4, -0.2) is 22.5 Å². The first-order valence-electron chi connectivity index (χ1n) is 4.25. The van der Waals surface area contributed by atoms with Crippen LogP contribution in [0.4, 0.5) is 4.79 Å². The Hall–Kier alpha value is -1.07. The van der Waals surface area contributed by atoms with E-state index in [0.29, 0.717) is 0 Å². The van der Waals surface area contributed by atoms with Gasteiger partial charge in [-0.1, -0.05) is 32.3 Å². The predicted molar refractivity (Wildman–Crippen MR) is 54.4 cm³/mol. The third-order valence-corrected chi connectivity index (χ3v) is 1.38. The normalized spacial score (nSPS) is 10.1. The zero-order chi connectivity index (χ0) is 10.7. The summed E-state index contributed by atoms with van der Waals surface area (Å²) in [5.41, 5.74) is 0. The van der Waals surface area contributed by atoms with Crippen molar-refractivity contribution in [2.45, 2.75) is 38.7 Å². The molecular weight excluding hydrogens is 186 g/mol. The second kappa shape index (κ2) is 14.5. The maximum absolute atomic E-state index is 8.97. The molecule has 0 aliphatic carbocycles. The van der Waals surface area contributed by atoms with Gasteiger partial charge < -0.3 is 26.3 Å². The van der Waals surface area contributed by atoms with Gasteiger partial charge in [0.15, 0.2) is 0 Å². The van der Waals surface area contributed by atoms with E-state index < -0.39 is 6.16 Å². The molecule has 14 heavy (non-hydrogen) atoms. The van der Waals surface area contributed by atoms with Crippen LogP contribution in [0.3, 0.4) is 0 Å². The summed E-state index contributed by atoms with van der Waals surface area (Å²) in [7, 11) is 0. The Morgan fingerprint density at radius 1 is 1.57 bits per heavy atom. The highest BCUT2D eigenvalue weighted by Gasteiger charge is 1.94. The number of carboxylic acid groups (broad SMARTS) is 2. The lowest BCUT2D eigenvalue weighted by Gasteiger charge is -2.01. The van der Waals surface area contributed by atoms with Gasteiger partial charge in [-0.3, -0.25) is 0 Å². The van der Waals surface area contributed by atoms with Crippen molar-refractivity contribution >= 4 is 6.16 Å². The van der Waals surface area contributed by atoms with E-state index in [-0.39, 0.29) is 12.3 Å². The van der Waals surface area contributed by atoms with E-state index in [4.69, 9.17) is 20.1 Å². The first-order valence-corrected chi connectivity index (χ1v) is 4.25. The molecule has 1 atom stereocenters. The predicted octanol–water partition coefficient (Wildman–Crippen LogP) is 1.38. The van der Waals surface area contributed by atoms with E-state index in [1.165, 1.54) is 12.8 Å². The fourth-order valence-electron chi connectivity index (χ4n) is 0.721. The van der Waals surface area contributed by atoms with Crippen LogP contribution in [0, 0.1) is 0 Å². The molecule has 0 saturated heterocycles. The Labute approximate surface area is 84.7 Å². The highest BCUT2D eigenvalue weighted by atomic mass is 16.6. The quantitative estimate of drug-likeness (QED) is 0.466. The number of unbranched alkanes of at least 4 members (excludes halogenated alkanes) is 2. The zero-order valence-corrected chi connectivity index (χ0v) is 8.90. The number of aliphatic hydroxyl groups excluding tert-OH is 1. The fraction of sp³-hybridized carbons (Fsp3) is 0.667. The Morgan fingerprint density at radius 2 is 2.00 bits per heavy atom. The lowest BCUT2D eigenvalue weighted by Crippen LogP contribution is -2.17. The summed E-state index contributed by atoms with van der Waals surface area (Å²) in [6.45, 7) is 5.64. The SMILES string of the molecule is C=CC(O)CCCCC.O=C([O-])O.[NH4+]. The van der Waals surface area contributed by atoms with Gasteiger partial charge in [0.25, 0.3) is 0 Å². The Kier molecular flexibility index (Phi) is 19.3. The average Bonchev–Trinajstić information content (AvgIpc) is 2.03. The molecule has 5 nitrogen and oxygen atoms in total. The van der Waals surface area contributed by atoms with Crippen molar-refractivity contribution in [3.63, 3.8) is 0 Å². The fourth-order valence-corrected chi connectivity index (χ4v) is 0.721. The van der Waals surface area contributed by atoms with Crippen LogP contribution in [-0.2, 0) is 0 Å². The molecule has 0 spiro atoms. The molecule has 0 saturated carbocycles. The van der Waals surface area contributed by atoms with Gasteiger partial charge in [0.05, 0.1) is 6.10 Å². The van der Waals surface area contributed by atoms with E-state index in [9.17, 15) is 0 Å². The van der Waals surface area contributed by atoms with Crippen LogP contribution in [0.15, 0.2) is 12.7 Å². The second-order valence-electron chi connectivity index (χ2n) is 2.56. The van der Waals surface area contributed by atoms with E-state index in [1.807, 2.05) is 0 Å². The van der Waals surface area contributed by atoms with Gasteiger partial charge in [-0.2, -0.15) is 0 Å². The van der Waals surface area contributed by atoms with Crippen molar-refractivity contribution in [2.24, 2.45) is 0 Å². The van der Waals surface area contributed by atoms with Crippen LogP contribution >= 0.6 is 0 Å². The maximum atomic E-state index is 8.97. The van der Waals surface area contributed by atoms with Crippen molar-refractivity contribution in [1.29, 1.82) is 0 Å². The molecule has 0 amide bonds. The van der Waals surface area contributed by atoms with Gasteiger partial charge in [0.2, 0.25) is 6.16 Å². The second-order valence-corrected chi connectivity index (χ2v) is 2.56. The van der Waals surface area contributed by atoms with Crippen molar-refractivity contribution in [1.82, 2.24) is 6.15 Å². The molecule has 0 aromatic carbocycles. The standard InChI is InChI=1S/C8H16O.CH2O3.H3N/c1-3-5-6-7-8(9)4-2;2-1(3)4;/h4,8-9H,2-3,5-7H2,1H3;(H2,2,3,4);1H3. The lowest BCUT2D eigenvalue weighted by atomic mass is 10.1. The van der Waals surface area contributed by atoms with Gasteiger partial charge in [-0.05, 0) is 6.42 Å². The molecule has 5 heteroatoms. The summed E-state index contributed by atoms with van der Waals surface area (Å²) >= 11 is 0. The van der Waals surface area contributed by atoms with Gasteiger partial charge >= 0.3 is 0 Å². The number of hydrogen-bond acceptors (Lipinski definition) is 3. The van der Waals surface area contributed by atoms with Gasteiger partial charge in [-0.15, -0.1) is 6.58 Å². The van der Waals surface area contributed by atoms with Crippen molar-refractivity contribution in [2.75, 3.05) is 0 Å². The Bertz CT molecular complexity index is 135. The van der Waals surface area contributed by atoms with Gasteiger partial charge in [0.1, 0.15) is 0 Å². The first kappa shape index (κ1) is 18.7. The highest BCUT2D eigenvalue weighted by Crippen LogP contribution is 2.02. The molecule has 0 aliphatic heterocycles. The minimum atomic E-state index is -2.08. The number of quaternary nitrogens is 1. The van der Waals surface area contributed by atoms with E-state index in [2.05, 4.69) is 13.5 Å². The Morgan fingerprint density at radius 3 is 2.29 bits per heavy atom. The molecule has 86 valence electrons. The lowest BCUT2D eigenvalue weighted by molar-refractivity contribution is -0.275. The number of aliphatic hydroxyl groups is 1. The van der Waals surface area contributed by atoms with E-state index >= 15 is 0 Å². The molecule has 1 unspecified atom stereocenters. The summed E-state index contributed by atoms with van der Waals surface area (Å²) in [6, 6.07) is 0. The average molecular weight is 207 g/mol. The number of carbonyl (C=O) groups is 1. The van der Waals surface area contributed by atoms with E-state index in [1.54, 1.807) is 6.08 Å². The molecule has 0 aromatic rings. The van der Waals surface area contributed by atoms with Gasteiger partial charge in [0, 0.05) is 0 Å². The molecule has 0 fully saturated rings. The largest absolute Gasteiger partial charge is 0.565 e. The minimum absolute atomic E-state index is 0. The zero-order valence-electron chi connectivity index (χ0n) is 8.90. The summed E-state index contributed by atoms with van der Waals surface area (Å²) in [6.07, 6.45) is 3.64. The molecule has 0 heterocycles. The van der Waals surface area contributed by atoms with Crippen LogP contribution < -0.4 is 11.3 Å². The molecular formula is C9H21NO4. The summed E-state index contributed by atoms with van der Waals surface area (Å²) < 4.78 is 0. The van der Waals surface area contributed by atoms with E-state index in [0.717, 1.165) is 12.8 Å². The van der Waals surface area contributed by atoms with Crippen LogP contribution in [0.1, 0.15) is 32.6 Å². The molecule has 6 N–H and O–H groups in total. The van der Waals surface area contributed by atoms with Crippen LogP contribution in [0.25, 0.3) is 0 Å². The summed E-state index contributed by atoms with van der Waals surface area (Å²) in [5.74, 6) is 0. The molecule has 0 rings (SSSR count). The van der Waals surface area contributed by atoms with Crippen LogP contribution in [0.5, 0.6) is 0 Å². The summed E-state index contributed by atoms with van der Waals surface area (Å²) in [4.78, 5) is 8.44. The topological polar surface area (TPSA) is 117 Å². The third-order valence-electron chi connectivity index (χ3n) is 1.38. The first-order chi connectivity index (χ1) is 6.04. The van der Waals surface area contributed by atoms with Crippen molar-refractivity contribution in [3.05, 3.63) is 12.7 Å². The monoisotopic (exact) mass is 207 g/mol. The summed E-state index contributed by atoms with van der Waals surface area (Å²) in [5, 5.41) is 24.3. The van der Waals surface area contributed by atoms with Crippen molar-refractivity contribution < 1.29 is 20.1 Å². The van der Waals surface area contributed by atoms with Crippen molar-refractivity contribution in [3.8, 4) is 0 Å².